The van der Waals surface area contributed by atoms with Crippen LogP contribution in [0.1, 0.15) is 55.3 Å². The molecule has 2 fully saturated rings. The smallest absolute Gasteiger partial charge is 0.337 e. The van der Waals surface area contributed by atoms with Crippen LogP contribution < -0.4 is 0 Å². The number of ether oxygens (including phenoxy) is 1. The molecule has 0 saturated carbocycles. The van der Waals surface area contributed by atoms with Gasteiger partial charge in [-0.1, -0.05) is 72.8 Å². The van der Waals surface area contributed by atoms with Gasteiger partial charge in [-0.15, -0.1) is 0 Å². The molecule has 2 unspecified atom stereocenters. The third-order valence-corrected chi connectivity index (χ3v) is 11.2. The van der Waals surface area contributed by atoms with Crippen LogP contribution in [0, 0.1) is 11.3 Å². The predicted octanol–water partition coefficient (Wildman–Crippen LogP) is 5.87. The fourth-order valence-corrected chi connectivity index (χ4v) is 7.56. The molecule has 3 amide bonds. The van der Waals surface area contributed by atoms with Crippen molar-refractivity contribution in [2.24, 2.45) is 14.1 Å². The van der Waals surface area contributed by atoms with Gasteiger partial charge in [0, 0.05) is 106 Å². The number of aromatic nitrogens is 4. The minimum absolute atomic E-state index is 0.0593. The van der Waals surface area contributed by atoms with Gasteiger partial charge in [-0.05, 0) is 62.4 Å². The first-order valence-electron chi connectivity index (χ1n) is 21.3. The van der Waals surface area contributed by atoms with Crippen molar-refractivity contribution >= 4 is 29.5 Å². The number of esters is 1. The molecule has 334 valence electrons. The first-order valence-corrected chi connectivity index (χ1v) is 21.3. The number of ketones is 1. The van der Waals surface area contributed by atoms with E-state index in [0.717, 1.165) is 34.6 Å². The quantitative estimate of drug-likeness (QED) is 0.0781. The molecule has 4 heterocycles. The van der Waals surface area contributed by atoms with E-state index in [1.165, 1.54) is 7.11 Å². The number of methoxy groups -OCH3 is 1. The Labute approximate surface area is 379 Å². The molecule has 2 aliphatic heterocycles. The third kappa shape index (κ3) is 12.1. The first-order chi connectivity index (χ1) is 31.4. The summed E-state index contributed by atoms with van der Waals surface area (Å²) >= 11 is 0. The number of piperazine rings is 2. The van der Waals surface area contributed by atoms with E-state index in [9.17, 15) is 24.0 Å². The van der Waals surface area contributed by atoms with Gasteiger partial charge < -0.3 is 19.4 Å². The number of amides is 3. The number of aryl methyl sites for hydroxylation is 2. The van der Waals surface area contributed by atoms with E-state index in [0.29, 0.717) is 56.0 Å². The van der Waals surface area contributed by atoms with Crippen LogP contribution in [0.25, 0.3) is 22.5 Å². The van der Waals surface area contributed by atoms with Crippen LogP contribution in [-0.4, -0.2) is 134 Å². The second kappa shape index (κ2) is 22.1. The summed E-state index contributed by atoms with van der Waals surface area (Å²) in [7, 11) is 5.08. The van der Waals surface area contributed by atoms with E-state index in [-0.39, 0.29) is 29.9 Å². The number of carbonyl (C=O) groups is 5. The first kappa shape index (κ1) is 46.8. The molecule has 0 spiro atoms. The zero-order chi connectivity index (χ0) is 46.5. The molecule has 4 aromatic carbocycles. The topological polar surface area (TPSA) is 167 Å². The van der Waals surface area contributed by atoms with E-state index in [1.54, 1.807) is 67.7 Å². The fraction of sp³-hybridized carbons (Fsp3) is 0.280. The van der Waals surface area contributed by atoms with Crippen LogP contribution in [0.5, 0.6) is 0 Å². The standard InChI is InChI=1S/C24H24N4O3.C14H17N3O.C12H12N2O2/c1-17-16-27(23(30)20-6-4-3-5-7-20)14-15-28(17)24(31)22(29)19-10-8-18(9-11-19)21-12-13-26(2)25-21;1-12-11-17(10-9-16(12)8-7-15)14(18)13-5-3-2-4-6-13;1-14-8-7-11(13-14)9-3-5-10(6-4-9)12(15)16-2/h3-13,17H,14-16H2,1-2H3;2-6,12H,8-11H2,1H3;3-8H,1-2H3. The Bertz CT molecular complexity index is 2600. The lowest BCUT2D eigenvalue weighted by atomic mass is 10.0. The number of benzene rings is 4. The highest BCUT2D eigenvalue weighted by Crippen LogP contribution is 2.21. The Morgan fingerprint density at radius 3 is 1.48 bits per heavy atom. The summed E-state index contributed by atoms with van der Waals surface area (Å²) in [6, 6.07) is 38.5. The SMILES string of the molecule is CC1CN(C(=O)c2ccccc2)CCN1C(=O)C(=O)c1ccc(-c2ccn(C)n2)cc1.CC1CN(C(=O)c2ccccc2)CCN1CC#N.COC(=O)c1ccc(-c2ccn(C)n2)cc1. The molecule has 2 aromatic heterocycles. The van der Waals surface area contributed by atoms with Gasteiger partial charge in [0.2, 0.25) is 5.78 Å². The lowest BCUT2D eigenvalue weighted by molar-refractivity contribution is -0.130. The maximum absolute atomic E-state index is 12.9. The Kier molecular flexibility index (Phi) is 15.9. The highest BCUT2D eigenvalue weighted by Gasteiger charge is 2.33. The molecule has 0 N–H and O–H groups in total. The summed E-state index contributed by atoms with van der Waals surface area (Å²) in [4.78, 5) is 69.1. The van der Waals surface area contributed by atoms with Gasteiger partial charge >= 0.3 is 5.97 Å². The molecule has 8 rings (SSSR count). The predicted molar refractivity (Wildman–Crippen MR) is 245 cm³/mol. The van der Waals surface area contributed by atoms with E-state index < -0.39 is 11.7 Å². The molecule has 0 radical (unpaired) electrons. The van der Waals surface area contributed by atoms with E-state index in [1.807, 2.05) is 111 Å². The van der Waals surface area contributed by atoms with Gasteiger partial charge in [-0.2, -0.15) is 15.5 Å². The molecular formula is C50H53N9O6. The summed E-state index contributed by atoms with van der Waals surface area (Å²) in [6.45, 7) is 7.63. The van der Waals surface area contributed by atoms with Crippen LogP contribution in [0.4, 0.5) is 0 Å². The molecule has 15 heteroatoms. The van der Waals surface area contributed by atoms with Crippen LogP contribution in [0.2, 0.25) is 0 Å². The van der Waals surface area contributed by atoms with Crippen LogP contribution >= 0.6 is 0 Å². The van der Waals surface area contributed by atoms with Crippen molar-refractivity contribution < 1.29 is 28.7 Å². The zero-order valence-electron chi connectivity index (χ0n) is 37.3. The summed E-state index contributed by atoms with van der Waals surface area (Å²) in [5.74, 6) is -1.38. The maximum Gasteiger partial charge on any atom is 0.337 e. The zero-order valence-corrected chi connectivity index (χ0v) is 37.3. The molecule has 0 bridgehead atoms. The number of rotatable bonds is 8. The number of hydrogen-bond acceptors (Lipinski definition) is 10. The van der Waals surface area contributed by atoms with Crippen molar-refractivity contribution in [2.75, 3.05) is 52.9 Å². The molecule has 2 atom stereocenters. The van der Waals surface area contributed by atoms with Gasteiger partial charge in [-0.3, -0.25) is 33.4 Å². The molecule has 6 aromatic rings. The van der Waals surface area contributed by atoms with Crippen LogP contribution in [0.3, 0.4) is 0 Å². The lowest BCUT2D eigenvalue weighted by Crippen LogP contribution is -2.56. The maximum atomic E-state index is 12.9. The van der Waals surface area contributed by atoms with Gasteiger partial charge in [0.05, 0.1) is 36.7 Å². The monoisotopic (exact) mass is 875 g/mol. The minimum atomic E-state index is -0.540. The highest BCUT2D eigenvalue weighted by atomic mass is 16.5. The molecule has 0 aliphatic carbocycles. The van der Waals surface area contributed by atoms with Crippen molar-refractivity contribution in [1.29, 1.82) is 5.26 Å². The van der Waals surface area contributed by atoms with Crippen LogP contribution in [-0.2, 0) is 23.6 Å². The molecule has 2 saturated heterocycles. The van der Waals surface area contributed by atoms with Crippen molar-refractivity contribution in [1.82, 2.24) is 39.2 Å². The van der Waals surface area contributed by atoms with Crippen molar-refractivity contribution in [3.05, 3.63) is 156 Å². The molecular weight excluding hydrogens is 823 g/mol. The number of nitrogens with zero attached hydrogens (tertiary/aromatic N) is 9. The Morgan fingerprint density at radius 2 is 1.06 bits per heavy atom. The Morgan fingerprint density at radius 1 is 0.600 bits per heavy atom. The fourth-order valence-electron chi connectivity index (χ4n) is 7.56. The van der Waals surface area contributed by atoms with E-state index >= 15 is 0 Å². The number of nitriles is 1. The Balaban J connectivity index is 0.000000175. The van der Waals surface area contributed by atoms with Gasteiger partial charge in [0.15, 0.2) is 0 Å². The third-order valence-electron chi connectivity index (χ3n) is 11.2. The van der Waals surface area contributed by atoms with Gasteiger partial charge in [-0.25, -0.2) is 4.79 Å². The molecule has 2 aliphatic rings. The van der Waals surface area contributed by atoms with Crippen molar-refractivity contribution in [3.63, 3.8) is 0 Å². The largest absolute Gasteiger partial charge is 0.465 e. The summed E-state index contributed by atoms with van der Waals surface area (Å²) < 4.78 is 8.08. The average Bonchev–Trinajstić information content (AvgIpc) is 4.00. The summed E-state index contributed by atoms with van der Waals surface area (Å²) in [5, 5.41) is 17.3. The van der Waals surface area contributed by atoms with Crippen LogP contribution in [0.15, 0.2) is 134 Å². The lowest BCUT2D eigenvalue weighted by Gasteiger charge is -2.39. The highest BCUT2D eigenvalue weighted by molar-refractivity contribution is 6.42. The number of Topliss-reactive ketones (excluding diaryl/α,β-unsaturated/α-hetero) is 1. The van der Waals surface area contributed by atoms with E-state index in [2.05, 4.69) is 32.8 Å². The molecule has 15 nitrogen and oxygen atoms in total. The van der Waals surface area contributed by atoms with Gasteiger partial charge in [0.25, 0.3) is 17.7 Å². The average molecular weight is 876 g/mol. The molecule has 65 heavy (non-hydrogen) atoms. The second-order valence-corrected chi connectivity index (χ2v) is 15.8. The van der Waals surface area contributed by atoms with E-state index in [4.69, 9.17) is 5.26 Å². The Hall–Kier alpha value is -7.70. The summed E-state index contributed by atoms with van der Waals surface area (Å²) in [6.07, 6.45) is 3.73. The van der Waals surface area contributed by atoms with Crippen molar-refractivity contribution in [3.8, 4) is 28.6 Å². The second-order valence-electron chi connectivity index (χ2n) is 15.8. The number of carbonyl (C=O) groups excluding carboxylic acids is 5. The normalized spacial score (nSPS) is 15.9. The van der Waals surface area contributed by atoms with Gasteiger partial charge in [0.1, 0.15) is 0 Å². The number of hydrogen-bond donors (Lipinski definition) is 0. The minimum Gasteiger partial charge on any atom is -0.465 e. The van der Waals surface area contributed by atoms with Crippen molar-refractivity contribution in [2.45, 2.75) is 25.9 Å². The summed E-state index contributed by atoms with van der Waals surface area (Å²) in [5.41, 5.74) is 5.80.